The van der Waals surface area contributed by atoms with E-state index in [4.69, 9.17) is 0 Å². The van der Waals surface area contributed by atoms with Crippen LogP contribution in [0.4, 0.5) is 5.69 Å². The highest BCUT2D eigenvalue weighted by Gasteiger charge is 2.22. The van der Waals surface area contributed by atoms with Gasteiger partial charge in [0.15, 0.2) is 0 Å². The number of benzene rings is 1. The molecule has 1 aromatic carbocycles. The summed E-state index contributed by atoms with van der Waals surface area (Å²) in [6.45, 7) is 3.07. The quantitative estimate of drug-likeness (QED) is 0.651. The molecular formula is C15H22N2O2. The van der Waals surface area contributed by atoms with E-state index < -0.39 is 0 Å². The molecule has 104 valence electrons. The molecule has 0 spiro atoms. The molecule has 4 heteroatoms. The normalized spacial score (nSPS) is 23.2. The minimum Gasteiger partial charge on any atom is -0.310 e. The van der Waals surface area contributed by atoms with Crippen LogP contribution in [0, 0.1) is 16.0 Å². The zero-order chi connectivity index (χ0) is 13.7. The Labute approximate surface area is 114 Å². The first-order valence-corrected chi connectivity index (χ1v) is 7.17. The lowest BCUT2D eigenvalue weighted by atomic mass is 9.83. The molecule has 19 heavy (non-hydrogen) atoms. The van der Waals surface area contributed by atoms with Crippen LogP contribution in [-0.2, 0) is 6.54 Å². The van der Waals surface area contributed by atoms with Crippen LogP contribution in [0.2, 0.25) is 0 Å². The first-order chi connectivity index (χ1) is 9.20. The lowest BCUT2D eigenvalue weighted by Gasteiger charge is -2.31. The van der Waals surface area contributed by atoms with E-state index in [0.29, 0.717) is 6.04 Å². The summed E-state index contributed by atoms with van der Waals surface area (Å²) in [4.78, 5) is 10.2. The lowest BCUT2D eigenvalue weighted by Crippen LogP contribution is -2.37. The predicted octanol–water partition coefficient (Wildman–Crippen LogP) is 3.65. The third-order valence-corrected chi connectivity index (χ3v) is 4.15. The van der Waals surface area contributed by atoms with Crippen LogP contribution in [-0.4, -0.2) is 11.0 Å². The molecule has 4 nitrogen and oxygen atoms in total. The molecule has 1 fully saturated rings. The summed E-state index contributed by atoms with van der Waals surface area (Å²) in [7, 11) is 0. The van der Waals surface area contributed by atoms with Gasteiger partial charge in [0.2, 0.25) is 0 Å². The number of hydrogen-bond acceptors (Lipinski definition) is 3. The van der Waals surface area contributed by atoms with E-state index in [2.05, 4.69) is 12.2 Å². The number of hydrogen-bond donors (Lipinski definition) is 1. The highest BCUT2D eigenvalue weighted by Crippen LogP contribution is 2.27. The average molecular weight is 262 g/mol. The maximum absolute atomic E-state index is 10.6. The van der Waals surface area contributed by atoms with Gasteiger partial charge in [-0.25, -0.2) is 0 Å². The van der Waals surface area contributed by atoms with Crippen molar-refractivity contribution in [2.45, 2.75) is 51.6 Å². The molecular weight excluding hydrogens is 240 g/mol. The van der Waals surface area contributed by atoms with Gasteiger partial charge in [-0.3, -0.25) is 10.1 Å². The van der Waals surface area contributed by atoms with E-state index in [1.807, 2.05) is 12.1 Å². The van der Waals surface area contributed by atoms with Gasteiger partial charge in [-0.1, -0.05) is 38.3 Å². The van der Waals surface area contributed by atoms with E-state index in [9.17, 15) is 10.1 Å². The predicted molar refractivity (Wildman–Crippen MR) is 76.0 cm³/mol. The Kier molecular flexibility index (Phi) is 4.91. The Balaban J connectivity index is 1.88. The molecule has 2 rings (SSSR count). The fourth-order valence-electron chi connectivity index (χ4n) is 2.95. The van der Waals surface area contributed by atoms with Crippen molar-refractivity contribution in [1.29, 1.82) is 0 Å². The zero-order valence-corrected chi connectivity index (χ0v) is 11.5. The molecule has 2 atom stereocenters. The maximum atomic E-state index is 10.6. The molecule has 0 heterocycles. The Bertz CT molecular complexity index is 417. The highest BCUT2D eigenvalue weighted by atomic mass is 16.6. The third kappa shape index (κ3) is 3.77. The zero-order valence-electron chi connectivity index (χ0n) is 11.5. The molecule has 2 unspecified atom stereocenters. The fourth-order valence-corrected chi connectivity index (χ4v) is 2.95. The van der Waals surface area contributed by atoms with Gasteiger partial charge in [0, 0.05) is 24.7 Å². The second kappa shape index (κ2) is 6.66. The van der Waals surface area contributed by atoms with Crippen molar-refractivity contribution in [1.82, 2.24) is 5.32 Å². The van der Waals surface area contributed by atoms with Gasteiger partial charge in [0.05, 0.1) is 4.92 Å². The number of nitrogens with zero attached hydrogens (tertiary/aromatic N) is 1. The van der Waals surface area contributed by atoms with E-state index in [1.165, 1.54) is 32.1 Å². The van der Waals surface area contributed by atoms with E-state index >= 15 is 0 Å². The van der Waals surface area contributed by atoms with Crippen LogP contribution in [0.1, 0.15) is 44.6 Å². The van der Waals surface area contributed by atoms with Gasteiger partial charge >= 0.3 is 0 Å². The largest absolute Gasteiger partial charge is 0.310 e. The SMILES string of the molecule is CCC1CCCCC1NCc1ccc([N+](=O)[O-])cc1. The van der Waals surface area contributed by atoms with Crippen molar-refractivity contribution < 1.29 is 4.92 Å². The van der Waals surface area contributed by atoms with Crippen LogP contribution in [0.15, 0.2) is 24.3 Å². The van der Waals surface area contributed by atoms with Crippen molar-refractivity contribution >= 4 is 5.69 Å². The summed E-state index contributed by atoms with van der Waals surface area (Å²) in [5.41, 5.74) is 1.28. The summed E-state index contributed by atoms with van der Waals surface area (Å²) in [6.07, 6.45) is 6.49. The van der Waals surface area contributed by atoms with E-state index in [0.717, 1.165) is 18.0 Å². The van der Waals surface area contributed by atoms with Crippen LogP contribution in [0.3, 0.4) is 0 Å². The first kappa shape index (κ1) is 14.0. The fraction of sp³-hybridized carbons (Fsp3) is 0.600. The molecule has 0 bridgehead atoms. The second-order valence-corrected chi connectivity index (χ2v) is 5.36. The minimum absolute atomic E-state index is 0.160. The Hall–Kier alpha value is -1.42. The number of nitro groups is 1. The summed E-state index contributed by atoms with van der Waals surface area (Å²) in [5, 5.41) is 14.2. The molecule has 1 aliphatic rings. The Morgan fingerprint density at radius 1 is 1.26 bits per heavy atom. The first-order valence-electron chi connectivity index (χ1n) is 7.17. The summed E-state index contributed by atoms with van der Waals surface area (Å²) in [6, 6.07) is 7.45. The van der Waals surface area contributed by atoms with E-state index in [-0.39, 0.29) is 10.6 Å². The molecule has 0 aliphatic heterocycles. The number of nitrogens with one attached hydrogen (secondary N) is 1. The summed E-state index contributed by atoms with van der Waals surface area (Å²) < 4.78 is 0. The molecule has 1 saturated carbocycles. The highest BCUT2D eigenvalue weighted by molar-refractivity contribution is 5.32. The van der Waals surface area contributed by atoms with Crippen molar-refractivity contribution in [3.63, 3.8) is 0 Å². The number of nitro benzene ring substituents is 1. The van der Waals surface area contributed by atoms with E-state index in [1.54, 1.807) is 12.1 Å². The summed E-state index contributed by atoms with van der Waals surface area (Å²) in [5.74, 6) is 0.784. The van der Waals surface area contributed by atoms with Crippen molar-refractivity contribution in [3.8, 4) is 0 Å². The van der Waals surface area contributed by atoms with Crippen LogP contribution >= 0.6 is 0 Å². The van der Waals surface area contributed by atoms with Crippen LogP contribution in [0.5, 0.6) is 0 Å². The van der Waals surface area contributed by atoms with Gasteiger partial charge in [-0.05, 0) is 24.3 Å². The topological polar surface area (TPSA) is 55.2 Å². The lowest BCUT2D eigenvalue weighted by molar-refractivity contribution is -0.384. The van der Waals surface area contributed by atoms with Crippen molar-refractivity contribution in [2.24, 2.45) is 5.92 Å². The number of rotatable bonds is 5. The molecule has 1 N–H and O–H groups in total. The molecule has 1 aliphatic carbocycles. The van der Waals surface area contributed by atoms with Gasteiger partial charge in [-0.15, -0.1) is 0 Å². The average Bonchev–Trinajstić information content (AvgIpc) is 2.45. The van der Waals surface area contributed by atoms with Gasteiger partial charge in [0.1, 0.15) is 0 Å². The van der Waals surface area contributed by atoms with Gasteiger partial charge in [-0.2, -0.15) is 0 Å². The molecule has 0 aromatic heterocycles. The molecule has 0 saturated heterocycles. The van der Waals surface area contributed by atoms with Crippen molar-refractivity contribution in [2.75, 3.05) is 0 Å². The van der Waals surface area contributed by atoms with Gasteiger partial charge < -0.3 is 5.32 Å². The van der Waals surface area contributed by atoms with Crippen molar-refractivity contribution in [3.05, 3.63) is 39.9 Å². The Morgan fingerprint density at radius 3 is 2.58 bits per heavy atom. The standard InChI is InChI=1S/C15H22N2O2/c1-2-13-5-3-4-6-15(13)16-11-12-7-9-14(10-8-12)17(18)19/h7-10,13,15-16H,2-6,11H2,1H3. The molecule has 1 aromatic rings. The number of non-ortho nitro benzene ring substituents is 1. The Morgan fingerprint density at radius 2 is 1.95 bits per heavy atom. The van der Waals surface area contributed by atoms with Crippen LogP contribution in [0.25, 0.3) is 0 Å². The van der Waals surface area contributed by atoms with Crippen LogP contribution < -0.4 is 5.32 Å². The summed E-state index contributed by atoms with van der Waals surface area (Å²) >= 11 is 0. The monoisotopic (exact) mass is 262 g/mol. The van der Waals surface area contributed by atoms with Gasteiger partial charge in [0.25, 0.3) is 5.69 Å². The second-order valence-electron chi connectivity index (χ2n) is 5.36. The molecule has 0 amide bonds. The smallest absolute Gasteiger partial charge is 0.269 e. The molecule has 0 radical (unpaired) electrons. The maximum Gasteiger partial charge on any atom is 0.269 e. The minimum atomic E-state index is -0.356. The third-order valence-electron chi connectivity index (χ3n) is 4.15.